The predicted molar refractivity (Wildman–Crippen MR) is 178 cm³/mol. The Morgan fingerprint density at radius 3 is 2.05 bits per heavy atom. The van der Waals surface area contributed by atoms with Gasteiger partial charge in [-0.1, -0.05) is 110 Å². The Balaban J connectivity index is 1.58. The van der Waals surface area contributed by atoms with Gasteiger partial charge in [0.15, 0.2) is 5.78 Å². The molecule has 0 unspecified atom stereocenters. The van der Waals surface area contributed by atoms with E-state index in [0.717, 1.165) is 29.5 Å². The molecular weight excluding hydrogens is 613 g/mol. The molecule has 2 spiro atoms. The Bertz CT molecular complexity index is 1650. The van der Waals surface area contributed by atoms with E-state index in [2.05, 4.69) is 126 Å². The quantitative estimate of drug-likeness (QED) is 0.163. The molecule has 41 heavy (non-hydrogen) atoms. The number of hydrogen-bond acceptors (Lipinski definition) is 2. The van der Waals surface area contributed by atoms with Crippen molar-refractivity contribution in [3.63, 3.8) is 0 Å². The maximum Gasteiger partial charge on any atom is 0.173 e. The Morgan fingerprint density at radius 2 is 1.39 bits per heavy atom. The van der Waals surface area contributed by atoms with Crippen molar-refractivity contribution in [3.05, 3.63) is 147 Å². The summed E-state index contributed by atoms with van der Waals surface area (Å²) in [5.74, 6) is -0.170. The van der Waals surface area contributed by atoms with Crippen molar-refractivity contribution >= 4 is 45.2 Å². The molecule has 0 aromatic heterocycles. The maximum absolute atomic E-state index is 15.1. The largest absolute Gasteiger partial charge is 0.363 e. The first-order valence-corrected chi connectivity index (χ1v) is 15.8. The lowest BCUT2D eigenvalue weighted by Gasteiger charge is -2.56. The highest BCUT2D eigenvalue weighted by atomic mass is 127. The monoisotopic (exact) mass is 647 g/mol. The summed E-state index contributed by atoms with van der Waals surface area (Å²) >= 11 is 2.46. The molecule has 2 atom stereocenters. The van der Waals surface area contributed by atoms with Crippen LogP contribution >= 0.6 is 22.6 Å². The van der Waals surface area contributed by atoms with Crippen molar-refractivity contribution in [3.8, 4) is 0 Å². The van der Waals surface area contributed by atoms with Gasteiger partial charge >= 0.3 is 0 Å². The second-order valence-electron chi connectivity index (χ2n) is 11.8. The molecule has 1 heterocycles. The third-order valence-corrected chi connectivity index (χ3v) is 10.5. The van der Waals surface area contributed by atoms with Crippen molar-refractivity contribution in [1.82, 2.24) is 0 Å². The van der Waals surface area contributed by atoms with E-state index in [1.165, 1.54) is 45.2 Å². The smallest absolute Gasteiger partial charge is 0.173 e. The summed E-state index contributed by atoms with van der Waals surface area (Å²) in [7, 11) is 2.24. The lowest BCUT2D eigenvalue weighted by Crippen LogP contribution is -2.63. The van der Waals surface area contributed by atoms with Gasteiger partial charge in [0, 0.05) is 27.3 Å². The van der Waals surface area contributed by atoms with Gasteiger partial charge in [0.05, 0.1) is 11.5 Å². The van der Waals surface area contributed by atoms with Crippen LogP contribution < -0.4 is 4.90 Å². The fraction of sp³-hybridized carbons (Fsp3) is 0.237. The first-order valence-electron chi connectivity index (χ1n) is 14.7. The van der Waals surface area contributed by atoms with Gasteiger partial charge < -0.3 is 4.90 Å². The molecule has 1 saturated carbocycles. The highest BCUT2D eigenvalue weighted by molar-refractivity contribution is 14.1. The zero-order chi connectivity index (χ0) is 28.0. The molecule has 3 aliphatic rings. The Labute approximate surface area is 256 Å². The van der Waals surface area contributed by atoms with Gasteiger partial charge in [-0.05, 0) is 93.6 Å². The van der Waals surface area contributed by atoms with Crippen LogP contribution in [0.15, 0.2) is 121 Å². The van der Waals surface area contributed by atoms with Crippen LogP contribution in [0, 0.1) is 9.49 Å². The molecule has 204 valence electrons. The molecule has 1 aliphatic heterocycles. The van der Waals surface area contributed by atoms with Gasteiger partial charge in [-0.25, -0.2) is 0 Å². The van der Waals surface area contributed by atoms with Crippen molar-refractivity contribution in [2.45, 2.75) is 43.1 Å². The number of anilines is 1. The summed E-state index contributed by atoms with van der Waals surface area (Å²) in [4.78, 5) is 17.6. The number of carbonyl (C=O) groups is 1. The molecule has 0 bridgehead atoms. The highest BCUT2D eigenvalue weighted by Crippen LogP contribution is 2.65. The van der Waals surface area contributed by atoms with Crippen LogP contribution in [0.5, 0.6) is 0 Å². The van der Waals surface area contributed by atoms with Gasteiger partial charge in [0.2, 0.25) is 0 Å². The van der Waals surface area contributed by atoms with Crippen LogP contribution in [0.25, 0.3) is 11.1 Å². The molecule has 4 aromatic carbocycles. The minimum Gasteiger partial charge on any atom is -0.363 e. The summed E-state index contributed by atoms with van der Waals surface area (Å²) in [5, 5.41) is 0. The number of hydrogen-bond donors (Lipinski definition) is 0. The average Bonchev–Trinajstić information content (AvgIpc) is 3.21. The fourth-order valence-electron chi connectivity index (χ4n) is 8.09. The molecule has 1 fully saturated rings. The van der Waals surface area contributed by atoms with E-state index >= 15 is 4.79 Å². The Morgan fingerprint density at radius 1 is 0.780 bits per heavy atom. The van der Waals surface area contributed by atoms with Gasteiger partial charge in [-0.15, -0.1) is 0 Å². The number of benzene rings is 4. The van der Waals surface area contributed by atoms with Crippen LogP contribution in [0.4, 0.5) is 5.69 Å². The molecule has 2 nitrogen and oxygen atoms in total. The first kappa shape index (κ1) is 26.5. The number of allylic oxidation sites excluding steroid dienone is 2. The van der Waals surface area contributed by atoms with Crippen LogP contribution in [0.3, 0.4) is 0 Å². The number of ketones is 1. The summed E-state index contributed by atoms with van der Waals surface area (Å²) in [6, 6.07) is 38.2. The zero-order valence-electron chi connectivity index (χ0n) is 23.4. The summed E-state index contributed by atoms with van der Waals surface area (Å²) in [6.45, 7) is 0. The van der Waals surface area contributed by atoms with Crippen molar-refractivity contribution in [2.24, 2.45) is 5.92 Å². The van der Waals surface area contributed by atoms with Gasteiger partial charge in [0.1, 0.15) is 0 Å². The molecule has 4 aromatic rings. The van der Waals surface area contributed by atoms with E-state index in [0.29, 0.717) is 0 Å². The van der Waals surface area contributed by atoms with E-state index in [9.17, 15) is 0 Å². The Kier molecular flexibility index (Phi) is 6.73. The number of halogens is 1. The van der Waals surface area contributed by atoms with E-state index in [-0.39, 0.29) is 17.1 Å². The molecule has 3 heteroatoms. The number of rotatable bonds is 4. The normalized spacial score (nSPS) is 22.8. The second kappa shape index (κ2) is 10.4. The molecule has 0 radical (unpaired) electrons. The number of fused-ring (bicyclic) bond motifs is 3. The van der Waals surface area contributed by atoms with E-state index in [1.807, 2.05) is 30.3 Å². The van der Waals surface area contributed by atoms with E-state index in [4.69, 9.17) is 0 Å². The predicted octanol–water partition coefficient (Wildman–Crippen LogP) is 9.36. The number of carbonyl (C=O) groups excluding carboxylic acids is 1. The molecule has 0 saturated heterocycles. The van der Waals surface area contributed by atoms with Crippen LogP contribution in [0.2, 0.25) is 0 Å². The SMILES string of the molecule is CN1c2ccc(I)cc2C2(CCCCC2)[C@@]12C=C(c1ccccc1)C=C(c1ccccc1)[C@H]2C(=O)c1ccccc1. The molecular formula is C38H34INO. The van der Waals surface area contributed by atoms with Gasteiger partial charge in [-0.3, -0.25) is 4.79 Å². The topological polar surface area (TPSA) is 20.3 Å². The molecule has 0 N–H and O–H groups in total. The third-order valence-electron chi connectivity index (χ3n) is 9.84. The maximum atomic E-state index is 15.1. The van der Waals surface area contributed by atoms with Crippen molar-refractivity contribution < 1.29 is 4.79 Å². The highest BCUT2D eigenvalue weighted by Gasteiger charge is 2.65. The Hall–Kier alpha value is -3.44. The van der Waals surface area contributed by atoms with E-state index in [1.54, 1.807) is 0 Å². The van der Waals surface area contributed by atoms with E-state index < -0.39 is 5.54 Å². The first-order chi connectivity index (χ1) is 20.0. The van der Waals surface area contributed by atoms with Gasteiger partial charge in [-0.2, -0.15) is 0 Å². The second-order valence-corrected chi connectivity index (χ2v) is 13.0. The number of likely N-dealkylation sites (N-methyl/N-ethyl adjacent to an activating group) is 1. The summed E-state index contributed by atoms with van der Waals surface area (Å²) in [6.07, 6.45) is 10.5. The van der Waals surface area contributed by atoms with Crippen molar-refractivity contribution in [1.29, 1.82) is 0 Å². The van der Waals surface area contributed by atoms with Crippen molar-refractivity contribution in [2.75, 3.05) is 11.9 Å². The average molecular weight is 648 g/mol. The lowest BCUT2D eigenvalue weighted by atomic mass is 9.51. The van der Waals surface area contributed by atoms with Crippen LogP contribution in [-0.4, -0.2) is 18.4 Å². The summed E-state index contributed by atoms with van der Waals surface area (Å²) < 4.78 is 1.25. The molecule has 0 amide bonds. The minimum absolute atomic E-state index is 0.181. The molecule has 7 rings (SSSR count). The lowest BCUT2D eigenvalue weighted by molar-refractivity contribution is 0.0841. The van der Waals surface area contributed by atoms with Gasteiger partial charge in [0.25, 0.3) is 0 Å². The third kappa shape index (κ3) is 4.07. The zero-order valence-corrected chi connectivity index (χ0v) is 25.6. The minimum atomic E-state index is -0.557. The van der Waals surface area contributed by atoms with Crippen LogP contribution in [0.1, 0.15) is 59.2 Å². The fourth-order valence-corrected chi connectivity index (χ4v) is 8.58. The number of nitrogens with zero attached hydrogens (tertiary/aromatic N) is 1. The molecule has 2 aliphatic carbocycles. The number of Topliss-reactive ketones (excluding diaryl/α,β-unsaturated/α-hetero) is 1. The standard InChI is InChI=1S/C38H34INO/c1-40-34-21-20-31(39)25-33(34)37(22-12-5-13-23-37)38(40)26-30(27-14-6-2-7-15-27)24-32(28-16-8-3-9-17-28)35(38)36(41)29-18-10-4-11-19-29/h2-4,6-11,14-21,24-26,35H,5,12-13,22-23H2,1H3/t35-,38-/m0/s1. The summed E-state index contributed by atoms with van der Waals surface area (Å²) in [5.41, 5.74) is 7.33. The van der Waals surface area contributed by atoms with Crippen LogP contribution in [-0.2, 0) is 5.41 Å².